The van der Waals surface area contributed by atoms with Gasteiger partial charge in [0.1, 0.15) is 5.75 Å². The summed E-state index contributed by atoms with van der Waals surface area (Å²) in [5.74, 6) is 2.28. The Labute approximate surface area is 134 Å². The van der Waals surface area contributed by atoms with Gasteiger partial charge in [0.25, 0.3) is 0 Å². The number of likely N-dealkylation sites (N-methyl/N-ethyl adjacent to an activating group) is 1. The first kappa shape index (κ1) is 14.8. The molecule has 0 saturated heterocycles. The van der Waals surface area contributed by atoms with Crippen LogP contribution in [0.1, 0.15) is 23.1 Å². The number of hydrogen-bond donors (Lipinski definition) is 1. The Morgan fingerprint density at radius 3 is 2.86 bits per heavy atom. The molecule has 0 fully saturated rings. The van der Waals surface area contributed by atoms with Crippen molar-refractivity contribution in [2.75, 3.05) is 19.9 Å². The summed E-state index contributed by atoms with van der Waals surface area (Å²) in [6.45, 7) is 0. The molecule has 2 aromatic rings. The van der Waals surface area contributed by atoms with Gasteiger partial charge < -0.3 is 10.1 Å². The van der Waals surface area contributed by atoms with Crippen molar-refractivity contribution in [3.05, 3.63) is 58.6 Å². The summed E-state index contributed by atoms with van der Waals surface area (Å²) in [6.07, 6.45) is 0. The highest BCUT2D eigenvalue weighted by Crippen LogP contribution is 2.46. The molecule has 2 unspecified atom stereocenters. The van der Waals surface area contributed by atoms with E-state index in [2.05, 4.69) is 35.6 Å². The highest BCUT2D eigenvalue weighted by molar-refractivity contribution is 7.99. The molecule has 0 aliphatic carbocycles. The van der Waals surface area contributed by atoms with Crippen LogP contribution in [0.2, 0.25) is 5.02 Å². The highest BCUT2D eigenvalue weighted by atomic mass is 35.5. The summed E-state index contributed by atoms with van der Waals surface area (Å²) >= 11 is 8.07. The number of ether oxygens (including phenoxy) is 1. The van der Waals surface area contributed by atoms with Gasteiger partial charge in [-0.3, -0.25) is 0 Å². The van der Waals surface area contributed by atoms with E-state index in [1.54, 1.807) is 7.11 Å². The van der Waals surface area contributed by atoms with Gasteiger partial charge in [-0.25, -0.2) is 0 Å². The molecule has 110 valence electrons. The number of halogens is 1. The van der Waals surface area contributed by atoms with Crippen molar-refractivity contribution >= 4 is 23.4 Å². The van der Waals surface area contributed by atoms with Crippen LogP contribution in [-0.4, -0.2) is 19.9 Å². The van der Waals surface area contributed by atoms with E-state index in [0.717, 1.165) is 11.5 Å². The lowest BCUT2D eigenvalue weighted by Gasteiger charge is -2.24. The van der Waals surface area contributed by atoms with Crippen LogP contribution in [0.4, 0.5) is 0 Å². The molecule has 1 aliphatic heterocycles. The Balaban J connectivity index is 1.96. The van der Waals surface area contributed by atoms with Crippen LogP contribution in [0.15, 0.2) is 47.4 Å². The fourth-order valence-corrected chi connectivity index (χ4v) is 4.42. The first-order valence-electron chi connectivity index (χ1n) is 6.97. The van der Waals surface area contributed by atoms with Crippen molar-refractivity contribution in [3.63, 3.8) is 0 Å². The van der Waals surface area contributed by atoms with Crippen LogP contribution >= 0.6 is 23.4 Å². The zero-order valence-electron chi connectivity index (χ0n) is 12.1. The standard InChI is InChI=1S/C17H18ClNOS/c1-19-17(11-7-8-14(18)15(9-11)20-2)13-10-21-16-6-4-3-5-12(13)16/h3-9,13,17,19H,10H2,1-2H3. The molecule has 0 amide bonds. The topological polar surface area (TPSA) is 21.3 Å². The summed E-state index contributed by atoms with van der Waals surface area (Å²) in [6, 6.07) is 14.9. The predicted octanol–water partition coefficient (Wildman–Crippen LogP) is 4.50. The molecule has 2 aromatic carbocycles. The SMILES string of the molecule is CNC(c1ccc(Cl)c(OC)c1)C1CSc2ccccc21. The summed E-state index contributed by atoms with van der Waals surface area (Å²) in [4.78, 5) is 1.39. The third-order valence-electron chi connectivity index (χ3n) is 3.98. The van der Waals surface area contributed by atoms with E-state index < -0.39 is 0 Å². The summed E-state index contributed by atoms with van der Waals surface area (Å²) in [5.41, 5.74) is 2.64. The van der Waals surface area contributed by atoms with Crippen LogP contribution in [0, 0.1) is 0 Å². The van der Waals surface area contributed by atoms with Crippen molar-refractivity contribution < 1.29 is 4.74 Å². The second-order valence-corrected chi connectivity index (χ2v) is 6.58. The first-order valence-corrected chi connectivity index (χ1v) is 8.33. The third kappa shape index (κ3) is 2.78. The molecule has 4 heteroatoms. The molecule has 1 heterocycles. The Kier molecular flexibility index (Phi) is 4.43. The van der Waals surface area contributed by atoms with Gasteiger partial charge in [-0.2, -0.15) is 0 Å². The maximum absolute atomic E-state index is 6.14. The van der Waals surface area contributed by atoms with Gasteiger partial charge in [-0.15, -0.1) is 11.8 Å². The lowest BCUT2D eigenvalue weighted by atomic mass is 9.88. The Hall–Kier alpha value is -1.16. The normalized spacial score (nSPS) is 18.3. The molecule has 2 nitrogen and oxygen atoms in total. The van der Waals surface area contributed by atoms with Gasteiger partial charge in [-0.1, -0.05) is 35.9 Å². The highest BCUT2D eigenvalue weighted by Gasteiger charge is 2.30. The van der Waals surface area contributed by atoms with Gasteiger partial charge >= 0.3 is 0 Å². The van der Waals surface area contributed by atoms with E-state index in [0.29, 0.717) is 10.9 Å². The smallest absolute Gasteiger partial charge is 0.137 e. The number of rotatable bonds is 4. The van der Waals surface area contributed by atoms with Crippen LogP contribution in [0.25, 0.3) is 0 Å². The minimum atomic E-state index is 0.257. The molecule has 1 N–H and O–H groups in total. The van der Waals surface area contributed by atoms with Gasteiger partial charge in [0.15, 0.2) is 0 Å². The number of benzene rings is 2. The molecular formula is C17H18ClNOS. The molecule has 0 saturated carbocycles. The van der Waals surface area contributed by atoms with E-state index >= 15 is 0 Å². The first-order chi connectivity index (χ1) is 10.2. The Morgan fingerprint density at radius 2 is 2.10 bits per heavy atom. The fraction of sp³-hybridized carbons (Fsp3) is 0.294. The van der Waals surface area contributed by atoms with E-state index in [4.69, 9.17) is 16.3 Å². The second-order valence-electron chi connectivity index (χ2n) is 5.12. The summed E-state index contributed by atoms with van der Waals surface area (Å²) in [5, 5.41) is 4.11. The zero-order valence-corrected chi connectivity index (χ0v) is 13.7. The van der Waals surface area contributed by atoms with Gasteiger partial charge in [0.05, 0.1) is 12.1 Å². The minimum Gasteiger partial charge on any atom is -0.495 e. The molecule has 0 bridgehead atoms. The molecule has 1 aliphatic rings. The van der Waals surface area contributed by atoms with Gasteiger partial charge in [0, 0.05) is 22.6 Å². The molecule has 0 aromatic heterocycles. The minimum absolute atomic E-state index is 0.257. The number of methoxy groups -OCH3 is 1. The van der Waals surface area contributed by atoms with E-state index in [-0.39, 0.29) is 6.04 Å². The molecular weight excluding hydrogens is 302 g/mol. The van der Waals surface area contributed by atoms with Crippen LogP contribution in [0.5, 0.6) is 5.75 Å². The van der Waals surface area contributed by atoms with Crippen LogP contribution in [0.3, 0.4) is 0 Å². The maximum Gasteiger partial charge on any atom is 0.137 e. The Bertz CT molecular complexity index is 646. The maximum atomic E-state index is 6.14. The Morgan fingerprint density at radius 1 is 1.29 bits per heavy atom. The molecule has 3 rings (SSSR count). The van der Waals surface area contributed by atoms with Crippen molar-refractivity contribution in [1.29, 1.82) is 0 Å². The zero-order chi connectivity index (χ0) is 14.8. The number of hydrogen-bond acceptors (Lipinski definition) is 3. The summed E-state index contributed by atoms with van der Waals surface area (Å²) in [7, 11) is 3.66. The van der Waals surface area contributed by atoms with E-state index in [9.17, 15) is 0 Å². The van der Waals surface area contributed by atoms with Crippen molar-refractivity contribution in [1.82, 2.24) is 5.32 Å². The number of thioether (sulfide) groups is 1. The van der Waals surface area contributed by atoms with Crippen LogP contribution < -0.4 is 10.1 Å². The van der Waals surface area contributed by atoms with Gasteiger partial charge in [0.2, 0.25) is 0 Å². The quantitative estimate of drug-likeness (QED) is 0.896. The lowest BCUT2D eigenvalue weighted by Crippen LogP contribution is -2.24. The summed E-state index contributed by atoms with van der Waals surface area (Å²) < 4.78 is 5.35. The van der Waals surface area contributed by atoms with E-state index in [1.807, 2.05) is 30.9 Å². The van der Waals surface area contributed by atoms with Crippen molar-refractivity contribution in [2.45, 2.75) is 16.9 Å². The second kappa shape index (κ2) is 6.30. The largest absolute Gasteiger partial charge is 0.495 e. The monoisotopic (exact) mass is 319 g/mol. The molecule has 21 heavy (non-hydrogen) atoms. The van der Waals surface area contributed by atoms with Crippen molar-refractivity contribution in [3.8, 4) is 5.75 Å². The lowest BCUT2D eigenvalue weighted by molar-refractivity contribution is 0.412. The molecule has 2 atom stereocenters. The molecule has 0 radical (unpaired) electrons. The number of fused-ring (bicyclic) bond motifs is 1. The predicted molar refractivity (Wildman–Crippen MR) is 89.7 cm³/mol. The van der Waals surface area contributed by atoms with E-state index in [1.165, 1.54) is 16.0 Å². The average Bonchev–Trinajstić information content (AvgIpc) is 2.94. The molecule has 0 spiro atoms. The van der Waals surface area contributed by atoms with Gasteiger partial charge in [-0.05, 0) is 36.4 Å². The average molecular weight is 320 g/mol. The third-order valence-corrected chi connectivity index (χ3v) is 5.51. The van der Waals surface area contributed by atoms with Crippen molar-refractivity contribution in [2.24, 2.45) is 0 Å². The van der Waals surface area contributed by atoms with Crippen LogP contribution in [-0.2, 0) is 0 Å². The fourth-order valence-electron chi connectivity index (χ4n) is 2.93. The number of nitrogens with one attached hydrogen (secondary N) is 1.